The van der Waals surface area contributed by atoms with Crippen molar-refractivity contribution in [3.05, 3.63) is 36.7 Å². The molecule has 1 aromatic heterocycles. The van der Waals surface area contributed by atoms with E-state index in [4.69, 9.17) is 0 Å². The lowest BCUT2D eigenvalue weighted by molar-refractivity contribution is 0.594. The van der Waals surface area contributed by atoms with Gasteiger partial charge in [-0.05, 0) is 24.3 Å². The van der Waals surface area contributed by atoms with Gasteiger partial charge in [0.05, 0.1) is 23.0 Å². The maximum atomic E-state index is 12.5. The number of aromatic nitrogens is 2. The van der Waals surface area contributed by atoms with Crippen LogP contribution in [0.3, 0.4) is 0 Å². The van der Waals surface area contributed by atoms with Gasteiger partial charge in [-0.3, -0.25) is 13.7 Å². The number of anilines is 2. The summed E-state index contributed by atoms with van der Waals surface area (Å²) in [6.45, 7) is 0. The molecular weight excluding hydrogens is 328 g/mol. The Kier molecular flexibility index (Phi) is 4.16. The highest BCUT2D eigenvalue weighted by Gasteiger charge is 2.22. The maximum Gasteiger partial charge on any atom is 0.264 e. The van der Waals surface area contributed by atoms with Crippen molar-refractivity contribution in [3.63, 3.8) is 0 Å². The molecule has 22 heavy (non-hydrogen) atoms. The average Bonchev–Trinajstić information content (AvgIpc) is 2.83. The van der Waals surface area contributed by atoms with Gasteiger partial charge in [-0.2, -0.15) is 5.10 Å². The normalized spacial score (nSPS) is 12.1. The number of nitrogens with zero attached hydrogens (tertiary/aromatic N) is 3. The van der Waals surface area contributed by atoms with E-state index >= 15 is 0 Å². The Bertz CT molecular complexity index is 870. The fourth-order valence-electron chi connectivity index (χ4n) is 1.78. The lowest BCUT2D eigenvalue weighted by atomic mass is 10.3. The minimum Gasteiger partial charge on any atom is -0.284 e. The predicted molar refractivity (Wildman–Crippen MR) is 83.7 cm³/mol. The van der Waals surface area contributed by atoms with Gasteiger partial charge < -0.3 is 0 Å². The smallest absolute Gasteiger partial charge is 0.264 e. The van der Waals surface area contributed by atoms with Gasteiger partial charge in [0, 0.05) is 26.0 Å². The number of hydrogen-bond acceptors (Lipinski definition) is 5. The van der Waals surface area contributed by atoms with E-state index in [0.29, 0.717) is 11.4 Å². The summed E-state index contributed by atoms with van der Waals surface area (Å²) in [5.74, 6) is 0. The number of hydrogen-bond donors (Lipinski definition) is 1. The van der Waals surface area contributed by atoms with E-state index < -0.39 is 20.0 Å². The van der Waals surface area contributed by atoms with Crippen LogP contribution in [0.25, 0.3) is 0 Å². The standard InChI is InChI=1S/C12H16N4O4S2/c1-15-9-11(8-13-15)16(2)22(19,20)12-6-4-10(5-7-12)14-21(3,17)18/h4-9,14H,1-3H3. The Balaban J connectivity index is 2.30. The Morgan fingerprint density at radius 3 is 2.18 bits per heavy atom. The highest BCUT2D eigenvalue weighted by Crippen LogP contribution is 2.22. The summed E-state index contributed by atoms with van der Waals surface area (Å²) in [5, 5.41) is 3.93. The van der Waals surface area contributed by atoms with Gasteiger partial charge in [-0.25, -0.2) is 16.8 Å². The van der Waals surface area contributed by atoms with Crippen LogP contribution in [0, 0.1) is 0 Å². The number of benzene rings is 1. The number of nitrogens with one attached hydrogen (secondary N) is 1. The third-order valence-corrected chi connectivity index (χ3v) is 5.28. The second kappa shape index (κ2) is 5.61. The van der Waals surface area contributed by atoms with Crippen molar-refractivity contribution < 1.29 is 16.8 Å². The van der Waals surface area contributed by atoms with Crippen LogP contribution in [0.5, 0.6) is 0 Å². The Morgan fingerprint density at radius 2 is 1.73 bits per heavy atom. The summed E-state index contributed by atoms with van der Waals surface area (Å²) in [7, 11) is -4.02. The maximum absolute atomic E-state index is 12.5. The topological polar surface area (TPSA) is 101 Å². The molecule has 0 amide bonds. The monoisotopic (exact) mass is 344 g/mol. The van der Waals surface area contributed by atoms with Crippen LogP contribution in [0.2, 0.25) is 0 Å². The minimum absolute atomic E-state index is 0.0536. The first-order valence-corrected chi connectivity index (χ1v) is 9.48. The highest BCUT2D eigenvalue weighted by atomic mass is 32.2. The molecule has 1 aromatic carbocycles. The highest BCUT2D eigenvalue weighted by molar-refractivity contribution is 7.93. The average molecular weight is 344 g/mol. The fraction of sp³-hybridized carbons (Fsp3) is 0.250. The van der Waals surface area contributed by atoms with E-state index in [2.05, 4.69) is 9.82 Å². The van der Waals surface area contributed by atoms with E-state index in [0.717, 1.165) is 10.6 Å². The first kappa shape index (κ1) is 16.3. The van der Waals surface area contributed by atoms with Gasteiger partial charge in [-0.15, -0.1) is 0 Å². The Morgan fingerprint density at radius 1 is 1.14 bits per heavy atom. The molecule has 0 spiro atoms. The summed E-state index contributed by atoms with van der Waals surface area (Å²) in [5.41, 5.74) is 0.728. The van der Waals surface area contributed by atoms with Crippen LogP contribution in [0.4, 0.5) is 11.4 Å². The van der Waals surface area contributed by atoms with E-state index in [-0.39, 0.29) is 4.90 Å². The molecule has 2 rings (SSSR count). The van der Waals surface area contributed by atoms with Gasteiger partial charge in [0.15, 0.2) is 0 Å². The second-order valence-corrected chi connectivity index (χ2v) is 8.46. The molecule has 10 heteroatoms. The fourth-order valence-corrected chi connectivity index (χ4v) is 3.51. The Hall–Kier alpha value is -2.07. The molecule has 0 bridgehead atoms. The van der Waals surface area contributed by atoms with Crippen LogP contribution in [0.15, 0.2) is 41.6 Å². The van der Waals surface area contributed by atoms with Crippen molar-refractivity contribution in [1.82, 2.24) is 9.78 Å². The number of sulfonamides is 2. The van der Waals surface area contributed by atoms with Gasteiger partial charge in [0.25, 0.3) is 10.0 Å². The molecule has 0 unspecified atom stereocenters. The van der Waals surface area contributed by atoms with Crippen LogP contribution in [-0.4, -0.2) is 39.9 Å². The zero-order valence-corrected chi connectivity index (χ0v) is 13.9. The van der Waals surface area contributed by atoms with E-state index in [1.54, 1.807) is 13.2 Å². The van der Waals surface area contributed by atoms with Crippen molar-refractivity contribution in [1.29, 1.82) is 0 Å². The van der Waals surface area contributed by atoms with Crippen LogP contribution < -0.4 is 9.03 Å². The van der Waals surface area contributed by atoms with Crippen LogP contribution >= 0.6 is 0 Å². The molecule has 0 aliphatic rings. The van der Waals surface area contributed by atoms with Gasteiger partial charge in [0.1, 0.15) is 0 Å². The van der Waals surface area contributed by atoms with Crippen LogP contribution in [0.1, 0.15) is 0 Å². The first-order chi connectivity index (χ1) is 10.1. The minimum atomic E-state index is -3.74. The molecule has 1 heterocycles. The van der Waals surface area contributed by atoms with Crippen molar-refractivity contribution in [2.75, 3.05) is 22.3 Å². The zero-order valence-electron chi connectivity index (χ0n) is 12.3. The molecule has 0 saturated heterocycles. The van der Waals surface area contributed by atoms with Crippen molar-refractivity contribution in [2.24, 2.45) is 7.05 Å². The molecular formula is C12H16N4O4S2. The summed E-state index contributed by atoms with van der Waals surface area (Å²) in [6.07, 6.45) is 4.04. The molecule has 0 atom stereocenters. The van der Waals surface area contributed by atoms with Gasteiger partial charge in [0.2, 0.25) is 10.0 Å². The van der Waals surface area contributed by atoms with E-state index in [1.807, 2.05) is 0 Å². The summed E-state index contributed by atoms with van der Waals surface area (Å²) < 4.78 is 52.1. The van der Waals surface area contributed by atoms with E-state index in [1.165, 1.54) is 42.2 Å². The third kappa shape index (κ3) is 3.57. The number of aryl methyl sites for hydroxylation is 1. The first-order valence-electron chi connectivity index (χ1n) is 6.15. The largest absolute Gasteiger partial charge is 0.284 e. The van der Waals surface area contributed by atoms with Crippen molar-refractivity contribution in [2.45, 2.75) is 4.90 Å². The Labute approximate surface area is 129 Å². The van der Waals surface area contributed by atoms with Gasteiger partial charge in [-0.1, -0.05) is 0 Å². The number of rotatable bonds is 5. The van der Waals surface area contributed by atoms with E-state index in [9.17, 15) is 16.8 Å². The molecule has 0 saturated carbocycles. The third-order valence-electron chi connectivity index (χ3n) is 2.87. The molecule has 0 aliphatic carbocycles. The lowest BCUT2D eigenvalue weighted by Crippen LogP contribution is -2.26. The lowest BCUT2D eigenvalue weighted by Gasteiger charge is -2.17. The molecule has 0 radical (unpaired) electrons. The molecule has 2 aromatic rings. The van der Waals surface area contributed by atoms with Crippen molar-refractivity contribution in [3.8, 4) is 0 Å². The molecule has 1 N–H and O–H groups in total. The molecule has 120 valence electrons. The summed E-state index contributed by atoms with van der Waals surface area (Å²) in [6, 6.07) is 5.47. The summed E-state index contributed by atoms with van der Waals surface area (Å²) in [4.78, 5) is 0.0536. The summed E-state index contributed by atoms with van der Waals surface area (Å²) >= 11 is 0. The SMILES string of the molecule is CN(c1cnn(C)c1)S(=O)(=O)c1ccc(NS(C)(=O)=O)cc1. The van der Waals surface area contributed by atoms with Crippen molar-refractivity contribution >= 4 is 31.4 Å². The van der Waals surface area contributed by atoms with Crippen LogP contribution in [-0.2, 0) is 27.1 Å². The zero-order chi connectivity index (χ0) is 16.5. The second-order valence-electron chi connectivity index (χ2n) is 4.74. The molecule has 8 nitrogen and oxygen atoms in total. The quantitative estimate of drug-likeness (QED) is 0.856. The predicted octanol–water partition coefficient (Wildman–Crippen LogP) is 0.617. The molecule has 0 fully saturated rings. The van der Waals surface area contributed by atoms with Gasteiger partial charge >= 0.3 is 0 Å². The molecule has 0 aliphatic heterocycles.